The second-order valence-electron chi connectivity index (χ2n) is 9.51. The van der Waals surface area contributed by atoms with Crippen LogP contribution in [0.3, 0.4) is 0 Å². The fourth-order valence-corrected chi connectivity index (χ4v) is 4.03. The first-order valence-electron chi connectivity index (χ1n) is 10.4. The Morgan fingerprint density at radius 1 is 1.18 bits per heavy atom. The van der Waals surface area contributed by atoms with E-state index in [4.69, 9.17) is 9.73 Å². The van der Waals surface area contributed by atoms with Crippen LogP contribution in [0.25, 0.3) is 0 Å². The molecule has 0 saturated heterocycles. The Balaban J connectivity index is 1.96. The van der Waals surface area contributed by atoms with Crippen LogP contribution in [-0.4, -0.2) is 29.3 Å². The molecule has 4 nitrogen and oxygen atoms in total. The van der Waals surface area contributed by atoms with Gasteiger partial charge in [0.25, 0.3) is 0 Å². The molecule has 0 spiro atoms. The van der Waals surface area contributed by atoms with Crippen molar-refractivity contribution in [3.05, 3.63) is 47.0 Å². The maximum atomic E-state index is 10.5. The normalized spacial score (nSPS) is 22.6. The lowest BCUT2D eigenvalue weighted by Crippen LogP contribution is -2.42. The minimum absolute atomic E-state index is 0.00844. The number of benzene rings is 1. The van der Waals surface area contributed by atoms with Crippen LogP contribution in [0, 0.1) is 11.3 Å². The third-order valence-corrected chi connectivity index (χ3v) is 5.31. The number of rotatable bonds is 7. The fourth-order valence-electron chi connectivity index (χ4n) is 4.03. The molecule has 1 aromatic rings. The van der Waals surface area contributed by atoms with E-state index in [2.05, 4.69) is 65.9 Å². The monoisotopic (exact) mass is 386 g/mol. The van der Waals surface area contributed by atoms with Crippen LogP contribution in [0.15, 0.2) is 46.5 Å². The summed E-state index contributed by atoms with van der Waals surface area (Å²) in [6, 6.07) is 10.2. The van der Waals surface area contributed by atoms with Gasteiger partial charge >= 0.3 is 0 Å². The second-order valence-corrected chi connectivity index (χ2v) is 9.51. The molecule has 0 amide bonds. The number of hydrogen-bond donors (Lipinski definition) is 2. The number of aliphatic hydroxyl groups is 1. The molecule has 4 atom stereocenters. The molecule has 4 unspecified atom stereocenters. The van der Waals surface area contributed by atoms with Crippen LogP contribution in [0.1, 0.15) is 66.9 Å². The van der Waals surface area contributed by atoms with Crippen molar-refractivity contribution in [3.63, 3.8) is 0 Å². The predicted octanol–water partition coefficient (Wildman–Crippen LogP) is 5.08. The summed E-state index contributed by atoms with van der Waals surface area (Å²) in [5, 5.41) is 13.8. The molecule has 0 aromatic heterocycles. The Morgan fingerprint density at radius 2 is 1.82 bits per heavy atom. The zero-order chi connectivity index (χ0) is 20.9. The Kier molecular flexibility index (Phi) is 7.85. The van der Waals surface area contributed by atoms with E-state index in [0.717, 1.165) is 23.4 Å². The van der Waals surface area contributed by atoms with E-state index >= 15 is 0 Å². The van der Waals surface area contributed by atoms with E-state index in [9.17, 15) is 5.11 Å². The maximum Gasteiger partial charge on any atom is 0.126 e. The summed E-state index contributed by atoms with van der Waals surface area (Å²) in [5.74, 6) is 1.23. The summed E-state index contributed by atoms with van der Waals surface area (Å²) in [6.07, 6.45) is 1.17. The van der Waals surface area contributed by atoms with Crippen molar-refractivity contribution in [3.8, 4) is 0 Å². The summed E-state index contributed by atoms with van der Waals surface area (Å²) >= 11 is 0. The lowest BCUT2D eigenvalue weighted by Gasteiger charge is -2.31. The molecule has 4 heteroatoms. The topological polar surface area (TPSA) is 53.8 Å². The molecule has 0 saturated carbocycles. The van der Waals surface area contributed by atoms with Gasteiger partial charge in [-0.25, -0.2) is 0 Å². The van der Waals surface area contributed by atoms with Crippen LogP contribution in [0.5, 0.6) is 0 Å². The Bertz CT molecular complexity index is 688. The first-order valence-corrected chi connectivity index (χ1v) is 10.4. The van der Waals surface area contributed by atoms with Crippen molar-refractivity contribution >= 4 is 5.84 Å². The van der Waals surface area contributed by atoms with E-state index in [0.29, 0.717) is 18.9 Å². The van der Waals surface area contributed by atoms with Gasteiger partial charge in [-0.1, -0.05) is 58.0 Å². The number of hydrogen-bond acceptors (Lipinski definition) is 4. The zero-order valence-corrected chi connectivity index (χ0v) is 18.6. The van der Waals surface area contributed by atoms with Gasteiger partial charge < -0.3 is 15.2 Å². The largest absolute Gasteiger partial charge is 0.374 e. The number of nitrogens with one attached hydrogen (secondary N) is 1. The summed E-state index contributed by atoms with van der Waals surface area (Å²) in [6.45, 7) is 15.7. The van der Waals surface area contributed by atoms with Gasteiger partial charge in [0.15, 0.2) is 0 Å². The highest BCUT2D eigenvalue weighted by Gasteiger charge is 2.28. The summed E-state index contributed by atoms with van der Waals surface area (Å²) in [4.78, 5) is 4.79. The zero-order valence-electron chi connectivity index (χ0n) is 18.6. The van der Waals surface area contributed by atoms with Crippen molar-refractivity contribution < 1.29 is 9.84 Å². The Hall–Kier alpha value is -1.65. The number of aliphatic imine (C=N–C) groups is 1. The number of dihydropyridines is 1. The minimum Gasteiger partial charge on any atom is -0.374 e. The van der Waals surface area contributed by atoms with Crippen LogP contribution in [0.2, 0.25) is 0 Å². The molecule has 1 heterocycles. The van der Waals surface area contributed by atoms with Crippen molar-refractivity contribution in [2.24, 2.45) is 16.3 Å². The molecule has 1 aromatic carbocycles. The molecule has 0 bridgehead atoms. The predicted molar refractivity (Wildman–Crippen MR) is 117 cm³/mol. The molecule has 0 aliphatic carbocycles. The number of amidine groups is 1. The molecule has 2 rings (SSSR count). The molecule has 0 radical (unpaired) electrons. The van der Waals surface area contributed by atoms with Crippen molar-refractivity contribution in [2.75, 3.05) is 0 Å². The number of nitrogens with zero attached hydrogens (tertiary/aromatic N) is 1. The fraction of sp³-hybridized carbons (Fsp3) is 0.625. The Morgan fingerprint density at radius 3 is 2.43 bits per heavy atom. The molecular formula is C24H38N2O2. The molecule has 2 N–H and O–H groups in total. The smallest absolute Gasteiger partial charge is 0.126 e. The van der Waals surface area contributed by atoms with E-state index in [1.54, 1.807) is 0 Å². The van der Waals surface area contributed by atoms with E-state index in [-0.39, 0.29) is 17.6 Å². The van der Waals surface area contributed by atoms with Gasteiger partial charge in [0, 0.05) is 0 Å². The number of aliphatic hydroxyl groups excluding tert-OH is 1. The van der Waals surface area contributed by atoms with Crippen molar-refractivity contribution in [1.29, 1.82) is 0 Å². The molecule has 0 fully saturated rings. The molecule has 28 heavy (non-hydrogen) atoms. The van der Waals surface area contributed by atoms with Gasteiger partial charge in [-0.15, -0.1) is 0 Å². The maximum absolute atomic E-state index is 10.5. The summed E-state index contributed by atoms with van der Waals surface area (Å²) < 4.78 is 6.18. The minimum atomic E-state index is -0.590. The van der Waals surface area contributed by atoms with Gasteiger partial charge in [-0.2, -0.15) is 0 Å². The molecule has 1 aliphatic rings. The lowest BCUT2D eigenvalue weighted by atomic mass is 9.84. The lowest BCUT2D eigenvalue weighted by molar-refractivity contribution is 0.0496. The van der Waals surface area contributed by atoms with Crippen LogP contribution in [-0.2, 0) is 11.3 Å². The van der Waals surface area contributed by atoms with E-state index in [1.807, 2.05) is 18.2 Å². The third-order valence-electron chi connectivity index (χ3n) is 5.31. The highest BCUT2D eigenvalue weighted by Crippen LogP contribution is 2.27. The van der Waals surface area contributed by atoms with Gasteiger partial charge in [0.1, 0.15) is 18.2 Å². The quantitative estimate of drug-likeness (QED) is 0.643. The Labute approximate surface area is 171 Å². The first-order chi connectivity index (χ1) is 13.1. The van der Waals surface area contributed by atoms with Crippen molar-refractivity contribution in [2.45, 2.75) is 86.3 Å². The van der Waals surface area contributed by atoms with Crippen LogP contribution >= 0.6 is 0 Å². The molecule has 156 valence electrons. The SMILES string of the molecule is CC1=C(C)C(OCc2ccccc2)C(C)N=C1NC(O)CC(C)CC(C)(C)C. The number of ether oxygens (including phenoxy) is 1. The van der Waals surface area contributed by atoms with Crippen LogP contribution in [0.4, 0.5) is 0 Å². The average molecular weight is 387 g/mol. The van der Waals surface area contributed by atoms with Gasteiger partial charge in [-0.3, -0.25) is 4.99 Å². The van der Waals surface area contributed by atoms with Crippen molar-refractivity contribution in [1.82, 2.24) is 5.32 Å². The van der Waals surface area contributed by atoms with Gasteiger partial charge in [-0.05, 0) is 61.7 Å². The summed E-state index contributed by atoms with van der Waals surface area (Å²) in [5.41, 5.74) is 3.68. The second kappa shape index (κ2) is 9.71. The highest BCUT2D eigenvalue weighted by atomic mass is 16.5. The molecule has 1 aliphatic heterocycles. The van der Waals surface area contributed by atoms with E-state index in [1.165, 1.54) is 5.57 Å². The standard InChI is InChI=1S/C24H38N2O2/c1-16(14-24(5,6)7)13-21(27)26-23-18(3)17(2)22(19(4)25-23)28-15-20-11-9-8-10-12-20/h8-12,16,19,21-22,27H,13-15H2,1-7H3,(H,25,26). The first kappa shape index (κ1) is 22.6. The van der Waals surface area contributed by atoms with Gasteiger partial charge in [0.05, 0.1) is 12.6 Å². The van der Waals surface area contributed by atoms with E-state index < -0.39 is 6.23 Å². The molecular weight excluding hydrogens is 348 g/mol. The summed E-state index contributed by atoms with van der Waals surface area (Å²) in [7, 11) is 0. The van der Waals surface area contributed by atoms with Gasteiger partial charge in [0.2, 0.25) is 0 Å². The highest BCUT2D eigenvalue weighted by molar-refractivity contribution is 5.99. The van der Waals surface area contributed by atoms with Crippen LogP contribution < -0.4 is 5.32 Å². The average Bonchev–Trinajstić information content (AvgIpc) is 2.58. The third kappa shape index (κ3) is 6.75.